The second-order valence-electron chi connectivity index (χ2n) is 4.36. The minimum absolute atomic E-state index is 0.544. The Kier molecular flexibility index (Phi) is 3.55. The van der Waals surface area contributed by atoms with Crippen molar-refractivity contribution in [3.05, 3.63) is 35.4 Å². The number of nitrogens with zero attached hydrogens (tertiary/aromatic N) is 2. The third-order valence-corrected chi connectivity index (χ3v) is 2.98. The predicted octanol–water partition coefficient (Wildman–Crippen LogP) is 1.35. The molecular formula is C13H17N3. The molecule has 0 saturated carbocycles. The van der Waals surface area contributed by atoms with Gasteiger partial charge in [-0.25, -0.2) is 0 Å². The van der Waals surface area contributed by atoms with Crippen LogP contribution in [0.25, 0.3) is 0 Å². The van der Waals surface area contributed by atoms with E-state index in [1.54, 1.807) is 0 Å². The number of hydrogen-bond acceptors (Lipinski definition) is 3. The van der Waals surface area contributed by atoms with E-state index in [0.717, 1.165) is 37.3 Å². The number of rotatable bonds is 2. The van der Waals surface area contributed by atoms with Crippen molar-refractivity contribution in [3.8, 4) is 6.07 Å². The summed E-state index contributed by atoms with van der Waals surface area (Å²) in [6.07, 6.45) is 0. The Hall–Kier alpha value is -1.37. The summed E-state index contributed by atoms with van der Waals surface area (Å²) in [5.74, 6) is 0. The molecule has 0 aliphatic carbocycles. The summed E-state index contributed by atoms with van der Waals surface area (Å²) in [4.78, 5) is 2.40. The van der Waals surface area contributed by atoms with E-state index in [9.17, 15) is 0 Å². The molecule has 3 heteroatoms. The smallest absolute Gasteiger partial charge is 0.0995 e. The van der Waals surface area contributed by atoms with E-state index in [2.05, 4.69) is 23.2 Å². The topological polar surface area (TPSA) is 39.1 Å². The summed E-state index contributed by atoms with van der Waals surface area (Å²) in [7, 11) is 0. The maximum Gasteiger partial charge on any atom is 0.0995 e. The summed E-state index contributed by atoms with van der Waals surface area (Å²) in [6, 6.07) is 10.7. The van der Waals surface area contributed by atoms with E-state index in [1.165, 1.54) is 0 Å². The summed E-state index contributed by atoms with van der Waals surface area (Å²) >= 11 is 0. The Bertz CT molecular complexity index is 394. The molecule has 1 saturated heterocycles. The number of benzene rings is 1. The molecule has 0 spiro atoms. The molecule has 0 radical (unpaired) electrons. The molecule has 1 aromatic rings. The summed E-state index contributed by atoms with van der Waals surface area (Å²) in [5, 5.41) is 12.4. The highest BCUT2D eigenvalue weighted by Crippen LogP contribution is 2.12. The molecule has 0 bridgehead atoms. The monoisotopic (exact) mass is 215 g/mol. The van der Waals surface area contributed by atoms with E-state index in [0.29, 0.717) is 6.04 Å². The summed E-state index contributed by atoms with van der Waals surface area (Å²) < 4.78 is 0. The quantitative estimate of drug-likeness (QED) is 0.809. The second kappa shape index (κ2) is 5.11. The molecule has 1 atom stereocenters. The van der Waals surface area contributed by atoms with Gasteiger partial charge in [-0.05, 0) is 18.6 Å². The number of hydrogen-bond donors (Lipinski definition) is 1. The molecule has 1 heterocycles. The van der Waals surface area contributed by atoms with Gasteiger partial charge in [0.1, 0.15) is 0 Å². The van der Waals surface area contributed by atoms with Crippen LogP contribution >= 0.6 is 0 Å². The van der Waals surface area contributed by atoms with Crippen molar-refractivity contribution in [2.45, 2.75) is 19.5 Å². The van der Waals surface area contributed by atoms with Gasteiger partial charge in [-0.2, -0.15) is 5.26 Å². The number of nitriles is 1. The molecule has 1 aliphatic heterocycles. The average molecular weight is 215 g/mol. The Balaban J connectivity index is 2.06. The van der Waals surface area contributed by atoms with Gasteiger partial charge in [0.05, 0.1) is 11.6 Å². The zero-order valence-electron chi connectivity index (χ0n) is 9.61. The van der Waals surface area contributed by atoms with Crippen molar-refractivity contribution in [2.75, 3.05) is 19.6 Å². The fraction of sp³-hybridized carbons (Fsp3) is 0.462. The zero-order valence-corrected chi connectivity index (χ0v) is 9.61. The van der Waals surface area contributed by atoms with Crippen molar-refractivity contribution in [1.29, 1.82) is 5.26 Å². The molecule has 2 rings (SSSR count). The maximum atomic E-state index is 9.02. The van der Waals surface area contributed by atoms with E-state index in [-0.39, 0.29) is 0 Å². The molecule has 0 unspecified atom stereocenters. The molecular weight excluding hydrogens is 198 g/mol. The van der Waals surface area contributed by atoms with Crippen molar-refractivity contribution in [1.82, 2.24) is 10.2 Å². The summed E-state index contributed by atoms with van der Waals surface area (Å²) in [5.41, 5.74) is 1.94. The van der Waals surface area contributed by atoms with E-state index < -0.39 is 0 Å². The highest BCUT2D eigenvalue weighted by Gasteiger charge is 2.16. The Morgan fingerprint density at radius 3 is 3.06 bits per heavy atom. The Morgan fingerprint density at radius 1 is 1.50 bits per heavy atom. The fourth-order valence-corrected chi connectivity index (χ4v) is 2.16. The van der Waals surface area contributed by atoms with E-state index in [1.807, 2.05) is 24.3 Å². The van der Waals surface area contributed by atoms with Crippen LogP contribution < -0.4 is 5.32 Å². The highest BCUT2D eigenvalue weighted by molar-refractivity contribution is 5.37. The first kappa shape index (κ1) is 11.1. The number of nitrogens with one attached hydrogen (secondary N) is 1. The molecule has 3 nitrogen and oxygen atoms in total. The first-order valence-corrected chi connectivity index (χ1v) is 5.73. The fourth-order valence-electron chi connectivity index (χ4n) is 2.16. The lowest BCUT2D eigenvalue weighted by molar-refractivity contribution is 0.199. The van der Waals surface area contributed by atoms with Gasteiger partial charge in [0.25, 0.3) is 0 Å². The third-order valence-electron chi connectivity index (χ3n) is 2.98. The Labute approximate surface area is 96.7 Å². The molecule has 84 valence electrons. The van der Waals surface area contributed by atoms with Crippen molar-refractivity contribution >= 4 is 0 Å². The van der Waals surface area contributed by atoms with Crippen LogP contribution in [0.3, 0.4) is 0 Å². The standard InChI is InChI=1S/C13H17N3/c1-11-9-16(7-6-15-11)10-13-5-3-2-4-12(13)8-14/h2-5,11,15H,6-7,9-10H2,1H3/t11-/m0/s1. The summed E-state index contributed by atoms with van der Waals surface area (Å²) in [6.45, 7) is 6.23. The SMILES string of the molecule is C[C@H]1CN(Cc2ccccc2C#N)CCN1. The molecule has 1 N–H and O–H groups in total. The van der Waals surface area contributed by atoms with Gasteiger partial charge in [-0.1, -0.05) is 18.2 Å². The second-order valence-corrected chi connectivity index (χ2v) is 4.36. The van der Waals surface area contributed by atoms with Gasteiger partial charge in [0.2, 0.25) is 0 Å². The minimum atomic E-state index is 0.544. The first-order chi connectivity index (χ1) is 7.79. The molecule has 1 fully saturated rings. The van der Waals surface area contributed by atoms with E-state index in [4.69, 9.17) is 5.26 Å². The van der Waals surface area contributed by atoms with Crippen LogP contribution in [0.5, 0.6) is 0 Å². The molecule has 0 aromatic heterocycles. The van der Waals surface area contributed by atoms with Crippen LogP contribution in [-0.4, -0.2) is 30.6 Å². The largest absolute Gasteiger partial charge is 0.312 e. The lowest BCUT2D eigenvalue weighted by Crippen LogP contribution is -2.48. The van der Waals surface area contributed by atoms with Crippen molar-refractivity contribution in [2.24, 2.45) is 0 Å². The normalized spacial score (nSPS) is 21.6. The van der Waals surface area contributed by atoms with Crippen LogP contribution in [0.15, 0.2) is 24.3 Å². The average Bonchev–Trinajstić information content (AvgIpc) is 2.30. The Morgan fingerprint density at radius 2 is 2.31 bits per heavy atom. The van der Waals surface area contributed by atoms with E-state index >= 15 is 0 Å². The van der Waals surface area contributed by atoms with Crippen molar-refractivity contribution in [3.63, 3.8) is 0 Å². The van der Waals surface area contributed by atoms with Crippen LogP contribution in [0.4, 0.5) is 0 Å². The van der Waals surface area contributed by atoms with Crippen LogP contribution in [0.1, 0.15) is 18.1 Å². The molecule has 0 amide bonds. The first-order valence-electron chi connectivity index (χ1n) is 5.73. The zero-order chi connectivity index (χ0) is 11.4. The van der Waals surface area contributed by atoms with Gasteiger partial charge in [0.15, 0.2) is 0 Å². The van der Waals surface area contributed by atoms with Crippen LogP contribution in [0, 0.1) is 11.3 Å². The maximum absolute atomic E-state index is 9.02. The third kappa shape index (κ3) is 2.60. The predicted molar refractivity (Wildman–Crippen MR) is 63.9 cm³/mol. The van der Waals surface area contributed by atoms with Gasteiger partial charge >= 0.3 is 0 Å². The van der Waals surface area contributed by atoms with Gasteiger partial charge in [-0.3, -0.25) is 4.90 Å². The molecule has 1 aliphatic rings. The van der Waals surface area contributed by atoms with Crippen molar-refractivity contribution < 1.29 is 0 Å². The minimum Gasteiger partial charge on any atom is -0.312 e. The lowest BCUT2D eigenvalue weighted by atomic mass is 10.1. The van der Waals surface area contributed by atoms with Crippen LogP contribution in [0.2, 0.25) is 0 Å². The van der Waals surface area contributed by atoms with Gasteiger partial charge in [0, 0.05) is 32.2 Å². The lowest BCUT2D eigenvalue weighted by Gasteiger charge is -2.31. The van der Waals surface area contributed by atoms with Crippen LogP contribution in [-0.2, 0) is 6.54 Å². The molecule has 1 aromatic carbocycles. The molecule has 16 heavy (non-hydrogen) atoms. The number of piperazine rings is 1. The van der Waals surface area contributed by atoms with Gasteiger partial charge in [-0.15, -0.1) is 0 Å². The van der Waals surface area contributed by atoms with Gasteiger partial charge < -0.3 is 5.32 Å². The highest BCUT2D eigenvalue weighted by atomic mass is 15.2.